The molecule has 5 heteroatoms. The summed E-state index contributed by atoms with van der Waals surface area (Å²) in [6.45, 7) is 9.47. The van der Waals surface area contributed by atoms with Crippen LogP contribution in [0.5, 0.6) is 0 Å². The number of anilines is 1. The van der Waals surface area contributed by atoms with E-state index in [0.29, 0.717) is 13.1 Å². The van der Waals surface area contributed by atoms with Crippen LogP contribution in [-0.2, 0) is 11.3 Å². The largest absolute Gasteiger partial charge is 0.355 e. The van der Waals surface area contributed by atoms with E-state index < -0.39 is 0 Å². The first-order valence-electron chi connectivity index (χ1n) is 6.89. The van der Waals surface area contributed by atoms with E-state index in [2.05, 4.69) is 22.5 Å². The molecular formula is C14H24N4O. The van der Waals surface area contributed by atoms with Gasteiger partial charge in [0, 0.05) is 31.4 Å². The molecule has 106 valence electrons. The van der Waals surface area contributed by atoms with Crippen LogP contribution in [0.2, 0.25) is 0 Å². The standard InChI is InChI=1S/C14H24N4O/c1-4-15-10-12-8-7-9-17-14(12)18(6-3)11-13(19)16-5-2/h7-9,15H,4-6,10-11H2,1-3H3,(H,16,19). The summed E-state index contributed by atoms with van der Waals surface area (Å²) in [6, 6.07) is 3.97. The number of rotatable bonds is 8. The van der Waals surface area contributed by atoms with Gasteiger partial charge in [0.05, 0.1) is 6.54 Å². The van der Waals surface area contributed by atoms with E-state index in [1.165, 1.54) is 0 Å². The third kappa shape index (κ3) is 4.87. The molecule has 0 atom stereocenters. The van der Waals surface area contributed by atoms with Gasteiger partial charge in [0.1, 0.15) is 5.82 Å². The Hall–Kier alpha value is -1.62. The number of carbonyl (C=O) groups excluding carboxylic acids is 1. The number of nitrogens with one attached hydrogen (secondary N) is 2. The van der Waals surface area contributed by atoms with Crippen molar-refractivity contribution in [1.29, 1.82) is 0 Å². The Kier molecular flexibility index (Phi) is 6.89. The van der Waals surface area contributed by atoms with E-state index in [1.54, 1.807) is 6.20 Å². The summed E-state index contributed by atoms with van der Waals surface area (Å²) in [5, 5.41) is 6.11. The van der Waals surface area contributed by atoms with Gasteiger partial charge in [-0.15, -0.1) is 0 Å². The maximum Gasteiger partial charge on any atom is 0.239 e. The topological polar surface area (TPSA) is 57.3 Å². The van der Waals surface area contributed by atoms with E-state index >= 15 is 0 Å². The van der Waals surface area contributed by atoms with Crippen LogP contribution < -0.4 is 15.5 Å². The molecular weight excluding hydrogens is 240 g/mol. The summed E-state index contributed by atoms with van der Waals surface area (Å²) in [6.07, 6.45) is 1.77. The maximum absolute atomic E-state index is 11.7. The molecule has 0 spiro atoms. The molecule has 0 aliphatic carbocycles. The predicted molar refractivity (Wildman–Crippen MR) is 78.2 cm³/mol. The Morgan fingerprint density at radius 3 is 2.74 bits per heavy atom. The minimum absolute atomic E-state index is 0.0319. The molecule has 0 aliphatic heterocycles. The highest BCUT2D eigenvalue weighted by molar-refractivity contribution is 5.81. The van der Waals surface area contributed by atoms with Crippen molar-refractivity contribution in [2.75, 3.05) is 31.1 Å². The van der Waals surface area contributed by atoms with Crippen LogP contribution in [0.25, 0.3) is 0 Å². The third-order valence-electron chi connectivity index (χ3n) is 2.82. The zero-order chi connectivity index (χ0) is 14.1. The number of nitrogens with zero attached hydrogens (tertiary/aromatic N) is 2. The Morgan fingerprint density at radius 2 is 2.11 bits per heavy atom. The SMILES string of the molecule is CCNCc1cccnc1N(CC)CC(=O)NCC. The fourth-order valence-corrected chi connectivity index (χ4v) is 1.88. The lowest BCUT2D eigenvalue weighted by Crippen LogP contribution is -2.38. The molecule has 0 saturated carbocycles. The summed E-state index contributed by atoms with van der Waals surface area (Å²) in [5.41, 5.74) is 1.12. The molecule has 0 radical (unpaired) electrons. The first-order chi connectivity index (χ1) is 9.22. The monoisotopic (exact) mass is 264 g/mol. The number of carbonyl (C=O) groups is 1. The van der Waals surface area contributed by atoms with Crippen LogP contribution in [0.1, 0.15) is 26.3 Å². The lowest BCUT2D eigenvalue weighted by Gasteiger charge is -2.23. The Balaban J connectivity index is 2.81. The lowest BCUT2D eigenvalue weighted by molar-refractivity contribution is -0.119. The second-order valence-electron chi connectivity index (χ2n) is 4.23. The molecule has 1 heterocycles. The van der Waals surface area contributed by atoms with Crippen molar-refractivity contribution in [3.63, 3.8) is 0 Å². The second kappa shape index (κ2) is 8.48. The van der Waals surface area contributed by atoms with Crippen LogP contribution in [0.4, 0.5) is 5.82 Å². The number of pyridine rings is 1. The average molecular weight is 264 g/mol. The van der Waals surface area contributed by atoms with E-state index in [4.69, 9.17) is 0 Å². The van der Waals surface area contributed by atoms with Gasteiger partial charge in [-0.25, -0.2) is 4.98 Å². The second-order valence-corrected chi connectivity index (χ2v) is 4.23. The fraction of sp³-hybridized carbons (Fsp3) is 0.571. The number of hydrogen-bond donors (Lipinski definition) is 2. The number of likely N-dealkylation sites (N-methyl/N-ethyl adjacent to an activating group) is 2. The molecule has 0 aromatic carbocycles. The molecule has 1 aromatic rings. The normalized spacial score (nSPS) is 10.3. The van der Waals surface area contributed by atoms with Crippen molar-refractivity contribution in [3.05, 3.63) is 23.9 Å². The van der Waals surface area contributed by atoms with Gasteiger partial charge in [0.15, 0.2) is 0 Å². The Bertz CT molecular complexity index is 395. The lowest BCUT2D eigenvalue weighted by atomic mass is 10.2. The van der Waals surface area contributed by atoms with Crippen LogP contribution >= 0.6 is 0 Å². The molecule has 0 saturated heterocycles. The van der Waals surface area contributed by atoms with E-state index in [-0.39, 0.29) is 5.91 Å². The molecule has 1 aromatic heterocycles. The van der Waals surface area contributed by atoms with Gasteiger partial charge in [-0.05, 0) is 26.5 Å². The molecule has 19 heavy (non-hydrogen) atoms. The van der Waals surface area contributed by atoms with E-state index in [0.717, 1.165) is 31.0 Å². The van der Waals surface area contributed by atoms with Crippen molar-refractivity contribution in [3.8, 4) is 0 Å². The van der Waals surface area contributed by atoms with Gasteiger partial charge in [0.25, 0.3) is 0 Å². The number of amides is 1. The zero-order valence-electron chi connectivity index (χ0n) is 12.1. The van der Waals surface area contributed by atoms with Gasteiger partial charge >= 0.3 is 0 Å². The number of hydrogen-bond acceptors (Lipinski definition) is 4. The highest BCUT2D eigenvalue weighted by Gasteiger charge is 2.13. The highest BCUT2D eigenvalue weighted by Crippen LogP contribution is 2.16. The van der Waals surface area contributed by atoms with Crippen LogP contribution in [0.15, 0.2) is 18.3 Å². The molecule has 1 amide bonds. The van der Waals surface area contributed by atoms with Crippen molar-refractivity contribution in [2.45, 2.75) is 27.3 Å². The third-order valence-corrected chi connectivity index (χ3v) is 2.82. The molecule has 0 fully saturated rings. The molecule has 2 N–H and O–H groups in total. The van der Waals surface area contributed by atoms with Gasteiger partial charge in [-0.1, -0.05) is 13.0 Å². The van der Waals surface area contributed by atoms with Gasteiger partial charge in [-0.2, -0.15) is 0 Å². The summed E-state index contributed by atoms with van der Waals surface area (Å²) in [4.78, 5) is 18.1. The summed E-state index contributed by atoms with van der Waals surface area (Å²) in [5.74, 6) is 0.918. The average Bonchev–Trinajstić information content (AvgIpc) is 2.43. The van der Waals surface area contributed by atoms with Gasteiger partial charge in [-0.3, -0.25) is 4.79 Å². The zero-order valence-corrected chi connectivity index (χ0v) is 12.1. The first-order valence-corrected chi connectivity index (χ1v) is 6.89. The Morgan fingerprint density at radius 1 is 1.32 bits per heavy atom. The smallest absolute Gasteiger partial charge is 0.239 e. The van der Waals surface area contributed by atoms with E-state index in [9.17, 15) is 4.79 Å². The fourth-order valence-electron chi connectivity index (χ4n) is 1.88. The van der Waals surface area contributed by atoms with Gasteiger partial charge < -0.3 is 15.5 Å². The minimum atomic E-state index is 0.0319. The molecule has 0 unspecified atom stereocenters. The van der Waals surface area contributed by atoms with Crippen LogP contribution in [-0.4, -0.2) is 37.1 Å². The Labute approximate surface area is 115 Å². The maximum atomic E-state index is 11.7. The van der Waals surface area contributed by atoms with Crippen LogP contribution in [0.3, 0.4) is 0 Å². The van der Waals surface area contributed by atoms with Crippen molar-refractivity contribution in [1.82, 2.24) is 15.6 Å². The highest BCUT2D eigenvalue weighted by atomic mass is 16.2. The molecule has 1 rings (SSSR count). The van der Waals surface area contributed by atoms with Crippen molar-refractivity contribution in [2.24, 2.45) is 0 Å². The quantitative estimate of drug-likeness (QED) is 0.739. The predicted octanol–water partition coefficient (Wildman–Crippen LogP) is 1.15. The van der Waals surface area contributed by atoms with Gasteiger partial charge in [0.2, 0.25) is 5.91 Å². The number of aromatic nitrogens is 1. The summed E-state index contributed by atoms with van der Waals surface area (Å²) < 4.78 is 0. The first kappa shape index (κ1) is 15.4. The summed E-state index contributed by atoms with van der Waals surface area (Å²) in [7, 11) is 0. The molecule has 0 bridgehead atoms. The minimum Gasteiger partial charge on any atom is -0.355 e. The van der Waals surface area contributed by atoms with Crippen LogP contribution in [0, 0.1) is 0 Å². The molecule has 5 nitrogen and oxygen atoms in total. The van der Waals surface area contributed by atoms with E-state index in [1.807, 2.05) is 30.9 Å². The summed E-state index contributed by atoms with van der Waals surface area (Å²) >= 11 is 0. The molecule has 0 aliphatic rings. The van der Waals surface area contributed by atoms with Crippen molar-refractivity contribution < 1.29 is 4.79 Å². The van der Waals surface area contributed by atoms with Crippen molar-refractivity contribution >= 4 is 11.7 Å².